The highest BCUT2D eigenvalue weighted by atomic mass is 16.5. The molecule has 2 atom stereocenters. The van der Waals surface area contributed by atoms with Crippen LogP contribution in [0.25, 0.3) is 10.9 Å². The van der Waals surface area contributed by atoms with Gasteiger partial charge in [-0.3, -0.25) is 4.79 Å². The van der Waals surface area contributed by atoms with Crippen LogP contribution < -0.4 is 10.1 Å². The summed E-state index contributed by atoms with van der Waals surface area (Å²) in [5, 5.41) is 4.16. The predicted octanol–water partition coefficient (Wildman–Crippen LogP) is 3.46. The van der Waals surface area contributed by atoms with E-state index in [1.54, 1.807) is 0 Å². The summed E-state index contributed by atoms with van der Waals surface area (Å²) in [4.78, 5) is 15.8. The Morgan fingerprint density at radius 3 is 3.00 bits per heavy atom. The number of aromatic amines is 1. The Labute approximate surface area is 134 Å². The quantitative estimate of drug-likeness (QED) is 0.778. The zero-order valence-electron chi connectivity index (χ0n) is 12.9. The number of aromatic nitrogens is 1. The number of hydrogen-bond donors (Lipinski definition) is 2. The summed E-state index contributed by atoms with van der Waals surface area (Å²) in [5.74, 6) is 1.04. The van der Waals surface area contributed by atoms with E-state index in [0.29, 0.717) is 12.2 Å². The van der Waals surface area contributed by atoms with E-state index in [0.717, 1.165) is 16.7 Å². The predicted molar refractivity (Wildman–Crippen MR) is 89.9 cm³/mol. The van der Waals surface area contributed by atoms with Crippen LogP contribution in [0.2, 0.25) is 0 Å². The maximum Gasteiger partial charge on any atom is 0.253 e. The van der Waals surface area contributed by atoms with Crippen molar-refractivity contribution in [3.05, 3.63) is 65.9 Å². The van der Waals surface area contributed by atoms with E-state index in [4.69, 9.17) is 4.74 Å². The Kier molecular flexibility index (Phi) is 3.30. The molecular weight excluding hydrogens is 288 g/mol. The lowest BCUT2D eigenvalue weighted by atomic mass is 9.94. The molecule has 2 aromatic carbocycles. The molecule has 23 heavy (non-hydrogen) atoms. The Hall–Kier alpha value is -2.75. The zero-order chi connectivity index (χ0) is 15.8. The van der Waals surface area contributed by atoms with E-state index in [-0.39, 0.29) is 17.9 Å². The molecule has 4 heteroatoms. The van der Waals surface area contributed by atoms with Gasteiger partial charge < -0.3 is 15.0 Å². The van der Waals surface area contributed by atoms with E-state index >= 15 is 0 Å². The third-order valence-corrected chi connectivity index (χ3v) is 4.53. The number of benzene rings is 2. The van der Waals surface area contributed by atoms with Crippen molar-refractivity contribution >= 4 is 16.8 Å². The molecule has 1 amide bonds. The molecule has 0 saturated carbocycles. The maximum atomic E-state index is 12.7. The zero-order valence-corrected chi connectivity index (χ0v) is 12.9. The number of rotatable bonds is 3. The maximum absolute atomic E-state index is 12.7. The van der Waals surface area contributed by atoms with Gasteiger partial charge >= 0.3 is 0 Å². The smallest absolute Gasteiger partial charge is 0.253 e. The fraction of sp³-hybridized carbons (Fsp3) is 0.211. The first-order chi connectivity index (χ1) is 11.2. The lowest BCUT2D eigenvalue weighted by Gasteiger charge is -2.20. The average molecular weight is 306 g/mol. The second-order valence-electron chi connectivity index (χ2n) is 5.96. The van der Waals surface area contributed by atoms with Crippen molar-refractivity contribution in [3.8, 4) is 5.75 Å². The third kappa shape index (κ3) is 2.36. The molecule has 4 rings (SSSR count). The van der Waals surface area contributed by atoms with Crippen LogP contribution in [-0.4, -0.2) is 23.5 Å². The molecule has 1 aliphatic heterocycles. The van der Waals surface area contributed by atoms with E-state index in [9.17, 15) is 4.79 Å². The number of carbonyl (C=O) groups is 1. The molecule has 0 aliphatic carbocycles. The van der Waals surface area contributed by atoms with E-state index in [1.165, 1.54) is 5.56 Å². The molecule has 0 fully saturated rings. The molecular formula is C19H18N2O2. The Morgan fingerprint density at radius 1 is 1.22 bits per heavy atom. The molecule has 0 unspecified atom stereocenters. The number of nitrogens with one attached hydrogen (secondary N) is 2. The van der Waals surface area contributed by atoms with Crippen molar-refractivity contribution in [2.75, 3.05) is 6.61 Å². The van der Waals surface area contributed by atoms with Crippen molar-refractivity contribution in [3.63, 3.8) is 0 Å². The van der Waals surface area contributed by atoms with Crippen LogP contribution in [0.3, 0.4) is 0 Å². The van der Waals surface area contributed by atoms with Gasteiger partial charge in [-0.15, -0.1) is 0 Å². The number of ether oxygens (including phenoxy) is 1. The molecule has 0 bridgehead atoms. The minimum Gasteiger partial charge on any atom is -0.493 e. The number of amides is 1. The summed E-state index contributed by atoms with van der Waals surface area (Å²) < 4.78 is 5.72. The monoisotopic (exact) mass is 306 g/mol. The molecule has 2 heterocycles. The summed E-state index contributed by atoms with van der Waals surface area (Å²) in [6.07, 6.45) is 1.85. The van der Waals surface area contributed by atoms with Crippen LogP contribution in [0.1, 0.15) is 28.8 Å². The Morgan fingerprint density at radius 2 is 2.09 bits per heavy atom. The Balaban J connectivity index is 1.56. The van der Waals surface area contributed by atoms with Gasteiger partial charge in [0.1, 0.15) is 5.75 Å². The van der Waals surface area contributed by atoms with Gasteiger partial charge in [0.2, 0.25) is 0 Å². The fourth-order valence-corrected chi connectivity index (χ4v) is 3.26. The molecule has 2 N–H and O–H groups in total. The molecule has 0 spiro atoms. The number of hydrogen-bond acceptors (Lipinski definition) is 2. The van der Waals surface area contributed by atoms with Crippen LogP contribution in [0.5, 0.6) is 5.75 Å². The van der Waals surface area contributed by atoms with Gasteiger partial charge in [0.05, 0.1) is 17.7 Å². The molecule has 1 aliphatic rings. The summed E-state index contributed by atoms with van der Waals surface area (Å²) in [5.41, 5.74) is 2.71. The molecule has 116 valence electrons. The average Bonchev–Trinajstić information content (AvgIpc) is 3.20. The third-order valence-electron chi connectivity index (χ3n) is 4.53. The summed E-state index contributed by atoms with van der Waals surface area (Å²) in [6.45, 7) is 2.64. The Bertz CT molecular complexity index is 868. The van der Waals surface area contributed by atoms with Gasteiger partial charge in [0, 0.05) is 29.1 Å². The summed E-state index contributed by atoms with van der Waals surface area (Å²) in [7, 11) is 0. The largest absolute Gasteiger partial charge is 0.493 e. The van der Waals surface area contributed by atoms with Crippen molar-refractivity contribution in [1.82, 2.24) is 10.3 Å². The van der Waals surface area contributed by atoms with E-state index < -0.39 is 0 Å². The van der Waals surface area contributed by atoms with Gasteiger partial charge in [-0.1, -0.05) is 30.3 Å². The molecule has 0 radical (unpaired) electrons. The van der Waals surface area contributed by atoms with Gasteiger partial charge in [0.25, 0.3) is 5.91 Å². The lowest BCUT2D eigenvalue weighted by molar-refractivity contribution is 0.0934. The minimum atomic E-state index is -0.0602. The second-order valence-corrected chi connectivity index (χ2v) is 5.96. The number of para-hydroxylation sites is 2. The van der Waals surface area contributed by atoms with Crippen molar-refractivity contribution in [2.45, 2.75) is 18.9 Å². The minimum absolute atomic E-state index is 0.00336. The lowest BCUT2D eigenvalue weighted by Crippen LogP contribution is -2.37. The molecule has 3 aromatic rings. The van der Waals surface area contributed by atoms with Crippen molar-refractivity contribution in [2.24, 2.45) is 0 Å². The highest BCUT2D eigenvalue weighted by Crippen LogP contribution is 2.35. The summed E-state index contributed by atoms with van der Waals surface area (Å²) >= 11 is 0. The number of H-pyrrole nitrogens is 1. The topological polar surface area (TPSA) is 54.1 Å². The normalized spacial score (nSPS) is 17.5. The van der Waals surface area contributed by atoms with E-state index in [2.05, 4.69) is 16.4 Å². The first kappa shape index (κ1) is 13.9. The molecule has 0 saturated heterocycles. The van der Waals surface area contributed by atoms with Crippen molar-refractivity contribution in [1.29, 1.82) is 0 Å². The SMILES string of the molecule is C[C@@H](NC(=O)c1cccc2cc[nH]c12)[C@H]1COc2ccccc21. The van der Waals surface area contributed by atoms with Gasteiger partial charge in [-0.25, -0.2) is 0 Å². The summed E-state index contributed by atoms with van der Waals surface area (Å²) in [6, 6.07) is 15.7. The first-order valence-electron chi connectivity index (χ1n) is 7.83. The number of carbonyl (C=O) groups excluding carboxylic acids is 1. The van der Waals surface area contributed by atoms with E-state index in [1.807, 2.05) is 55.6 Å². The highest BCUT2D eigenvalue weighted by Gasteiger charge is 2.29. The van der Waals surface area contributed by atoms with Gasteiger partial charge in [-0.05, 0) is 25.1 Å². The van der Waals surface area contributed by atoms with Gasteiger partial charge in [0.15, 0.2) is 0 Å². The van der Waals surface area contributed by atoms with Crippen LogP contribution in [-0.2, 0) is 0 Å². The van der Waals surface area contributed by atoms with Crippen molar-refractivity contribution < 1.29 is 9.53 Å². The van der Waals surface area contributed by atoms with Gasteiger partial charge in [-0.2, -0.15) is 0 Å². The van der Waals surface area contributed by atoms with Crippen LogP contribution in [0.4, 0.5) is 0 Å². The van der Waals surface area contributed by atoms with Crippen LogP contribution in [0.15, 0.2) is 54.7 Å². The van der Waals surface area contributed by atoms with Crippen LogP contribution >= 0.6 is 0 Å². The standard InChI is InChI=1S/C19H18N2O2/c1-12(16-11-23-17-8-3-2-6-14(16)17)21-19(22)15-7-4-5-13-9-10-20-18(13)15/h2-10,12,16,20H,11H2,1H3,(H,21,22)/t12-,16-/m1/s1. The molecule has 1 aromatic heterocycles. The second kappa shape index (κ2) is 5.47. The number of fused-ring (bicyclic) bond motifs is 2. The molecule has 4 nitrogen and oxygen atoms in total. The fourth-order valence-electron chi connectivity index (χ4n) is 3.26. The highest BCUT2D eigenvalue weighted by molar-refractivity contribution is 6.05. The first-order valence-corrected chi connectivity index (χ1v) is 7.83. The van der Waals surface area contributed by atoms with Crippen LogP contribution in [0, 0.1) is 0 Å².